The molecule has 0 heterocycles. The molecule has 1 rings (SSSR count). The summed E-state index contributed by atoms with van der Waals surface area (Å²) in [4.78, 5) is 4.68. The van der Waals surface area contributed by atoms with Gasteiger partial charge in [-0.2, -0.15) is 0 Å². The average Bonchev–Trinajstić information content (AvgIpc) is 2.43. The van der Waals surface area contributed by atoms with Crippen LogP contribution in [0.15, 0.2) is 22.7 Å². The molecule has 3 nitrogen and oxygen atoms in total. The van der Waals surface area contributed by atoms with Gasteiger partial charge in [-0.1, -0.05) is 28.9 Å². The molecule has 0 amide bonds. The van der Waals surface area contributed by atoms with Gasteiger partial charge in [0.15, 0.2) is 0 Å². The molecule has 1 unspecified atom stereocenters. The first kappa shape index (κ1) is 18.5. The van der Waals surface area contributed by atoms with Crippen molar-refractivity contribution < 1.29 is 0 Å². The molecule has 0 aromatic heterocycles. The van der Waals surface area contributed by atoms with Crippen LogP contribution >= 0.6 is 15.9 Å². The zero-order valence-electron chi connectivity index (χ0n) is 14.1. The van der Waals surface area contributed by atoms with Crippen molar-refractivity contribution in [1.29, 1.82) is 0 Å². The Hall–Kier alpha value is -0.580. The second kappa shape index (κ2) is 9.44. The van der Waals surface area contributed by atoms with E-state index in [2.05, 4.69) is 84.1 Å². The highest BCUT2D eigenvalue weighted by Gasteiger charge is 2.11. The number of nitrogens with one attached hydrogen (secondary N) is 1. The van der Waals surface area contributed by atoms with E-state index in [1.165, 1.54) is 22.1 Å². The standard InChI is InChI=1S/C17H30BrN3/c1-6-19-14(3)16-10-9-15(13-17(16)18)21(7-2)12-8-11-20(4)5/h9-10,13-14,19H,6-8,11-12H2,1-5H3. The first-order valence-corrected chi connectivity index (χ1v) is 8.71. The summed E-state index contributed by atoms with van der Waals surface area (Å²) in [6.07, 6.45) is 1.19. The summed E-state index contributed by atoms with van der Waals surface area (Å²) in [6, 6.07) is 7.11. The van der Waals surface area contributed by atoms with Gasteiger partial charge in [0.05, 0.1) is 0 Å². The first-order valence-electron chi connectivity index (χ1n) is 7.92. The third-order valence-corrected chi connectivity index (χ3v) is 4.43. The zero-order valence-corrected chi connectivity index (χ0v) is 15.7. The van der Waals surface area contributed by atoms with Crippen LogP contribution in [0.5, 0.6) is 0 Å². The lowest BCUT2D eigenvalue weighted by molar-refractivity contribution is 0.400. The number of rotatable bonds is 9. The molecule has 1 N–H and O–H groups in total. The Morgan fingerprint density at radius 1 is 1.19 bits per heavy atom. The van der Waals surface area contributed by atoms with E-state index in [0.717, 1.165) is 26.2 Å². The number of nitrogens with zero attached hydrogens (tertiary/aromatic N) is 2. The second-order valence-corrected chi connectivity index (χ2v) is 6.58. The number of hydrogen-bond donors (Lipinski definition) is 1. The van der Waals surface area contributed by atoms with Gasteiger partial charge in [0.2, 0.25) is 0 Å². The molecule has 0 bridgehead atoms. The topological polar surface area (TPSA) is 18.5 Å². The zero-order chi connectivity index (χ0) is 15.8. The Bertz CT molecular complexity index is 420. The molecule has 0 radical (unpaired) electrons. The predicted molar refractivity (Wildman–Crippen MR) is 97.3 cm³/mol. The fraction of sp³-hybridized carbons (Fsp3) is 0.647. The Balaban J connectivity index is 2.75. The molecular weight excluding hydrogens is 326 g/mol. The molecule has 0 aliphatic carbocycles. The van der Waals surface area contributed by atoms with Gasteiger partial charge in [0.1, 0.15) is 0 Å². The lowest BCUT2D eigenvalue weighted by Crippen LogP contribution is -2.27. The van der Waals surface area contributed by atoms with Crippen molar-refractivity contribution in [3.05, 3.63) is 28.2 Å². The van der Waals surface area contributed by atoms with Crippen LogP contribution in [0.3, 0.4) is 0 Å². The molecule has 0 fully saturated rings. The Morgan fingerprint density at radius 3 is 2.43 bits per heavy atom. The fourth-order valence-electron chi connectivity index (χ4n) is 2.53. The molecular formula is C17H30BrN3. The highest BCUT2D eigenvalue weighted by atomic mass is 79.9. The van der Waals surface area contributed by atoms with E-state index in [1.54, 1.807) is 0 Å². The Labute approximate surface area is 138 Å². The van der Waals surface area contributed by atoms with Gasteiger partial charge < -0.3 is 15.1 Å². The van der Waals surface area contributed by atoms with Gasteiger partial charge in [-0.05, 0) is 65.1 Å². The minimum atomic E-state index is 0.377. The normalized spacial score (nSPS) is 12.7. The van der Waals surface area contributed by atoms with Crippen LogP contribution in [-0.2, 0) is 0 Å². The van der Waals surface area contributed by atoms with Crippen molar-refractivity contribution in [1.82, 2.24) is 10.2 Å². The van der Waals surface area contributed by atoms with Gasteiger partial charge >= 0.3 is 0 Å². The minimum Gasteiger partial charge on any atom is -0.372 e. The molecule has 120 valence electrons. The quantitative estimate of drug-likeness (QED) is 0.724. The van der Waals surface area contributed by atoms with Crippen molar-refractivity contribution in [2.75, 3.05) is 45.2 Å². The molecule has 0 saturated heterocycles. The van der Waals surface area contributed by atoms with Crippen molar-refractivity contribution in [3.8, 4) is 0 Å². The van der Waals surface area contributed by atoms with Crippen LogP contribution in [0, 0.1) is 0 Å². The number of halogens is 1. The summed E-state index contributed by atoms with van der Waals surface area (Å²) in [5, 5.41) is 3.46. The molecule has 1 aromatic rings. The van der Waals surface area contributed by atoms with E-state index in [-0.39, 0.29) is 0 Å². The van der Waals surface area contributed by atoms with Gasteiger partial charge in [-0.3, -0.25) is 0 Å². The van der Waals surface area contributed by atoms with Gasteiger partial charge in [0, 0.05) is 29.3 Å². The van der Waals surface area contributed by atoms with E-state index >= 15 is 0 Å². The molecule has 0 aliphatic rings. The van der Waals surface area contributed by atoms with E-state index in [9.17, 15) is 0 Å². The van der Waals surface area contributed by atoms with Crippen LogP contribution in [0.25, 0.3) is 0 Å². The monoisotopic (exact) mass is 355 g/mol. The van der Waals surface area contributed by atoms with Crippen molar-refractivity contribution in [3.63, 3.8) is 0 Å². The summed E-state index contributed by atoms with van der Waals surface area (Å²) >= 11 is 3.73. The van der Waals surface area contributed by atoms with E-state index < -0.39 is 0 Å². The fourth-order valence-corrected chi connectivity index (χ4v) is 3.24. The summed E-state index contributed by atoms with van der Waals surface area (Å²) in [5.74, 6) is 0. The molecule has 4 heteroatoms. The van der Waals surface area contributed by atoms with E-state index in [0.29, 0.717) is 6.04 Å². The van der Waals surface area contributed by atoms with Crippen molar-refractivity contribution >= 4 is 21.6 Å². The molecule has 1 atom stereocenters. The summed E-state index contributed by atoms with van der Waals surface area (Å²) in [6.45, 7) is 10.8. The van der Waals surface area contributed by atoms with Crippen LogP contribution < -0.4 is 10.2 Å². The summed E-state index contributed by atoms with van der Waals surface area (Å²) < 4.78 is 1.19. The molecule has 0 aliphatic heterocycles. The maximum Gasteiger partial charge on any atom is 0.0377 e. The highest BCUT2D eigenvalue weighted by molar-refractivity contribution is 9.10. The number of hydrogen-bond acceptors (Lipinski definition) is 3. The summed E-state index contributed by atoms with van der Waals surface area (Å²) in [7, 11) is 4.26. The number of benzene rings is 1. The van der Waals surface area contributed by atoms with Crippen molar-refractivity contribution in [2.45, 2.75) is 33.2 Å². The van der Waals surface area contributed by atoms with Crippen LogP contribution in [-0.4, -0.2) is 45.2 Å². The first-order chi connectivity index (χ1) is 9.99. The Morgan fingerprint density at radius 2 is 1.90 bits per heavy atom. The molecule has 0 saturated carbocycles. The lowest BCUT2D eigenvalue weighted by atomic mass is 10.1. The van der Waals surface area contributed by atoms with Crippen LogP contribution in [0.2, 0.25) is 0 Å². The predicted octanol–water partition coefficient (Wildman–Crippen LogP) is 3.90. The second-order valence-electron chi connectivity index (χ2n) is 5.72. The van der Waals surface area contributed by atoms with Crippen LogP contribution in [0.1, 0.15) is 38.8 Å². The van der Waals surface area contributed by atoms with E-state index in [1.807, 2.05) is 0 Å². The molecule has 21 heavy (non-hydrogen) atoms. The third-order valence-electron chi connectivity index (χ3n) is 3.74. The third kappa shape index (κ3) is 5.97. The van der Waals surface area contributed by atoms with Gasteiger partial charge in [-0.15, -0.1) is 0 Å². The maximum absolute atomic E-state index is 3.73. The minimum absolute atomic E-state index is 0.377. The SMILES string of the molecule is CCNC(C)c1ccc(N(CC)CCCN(C)C)cc1Br. The maximum atomic E-state index is 3.73. The lowest BCUT2D eigenvalue weighted by Gasteiger charge is -2.25. The number of anilines is 1. The average molecular weight is 356 g/mol. The van der Waals surface area contributed by atoms with Gasteiger partial charge in [0.25, 0.3) is 0 Å². The Kier molecular flexibility index (Phi) is 8.30. The van der Waals surface area contributed by atoms with Crippen molar-refractivity contribution in [2.24, 2.45) is 0 Å². The largest absolute Gasteiger partial charge is 0.372 e. The summed E-state index contributed by atoms with van der Waals surface area (Å²) in [5.41, 5.74) is 2.63. The van der Waals surface area contributed by atoms with Gasteiger partial charge in [-0.25, -0.2) is 0 Å². The molecule has 0 spiro atoms. The smallest absolute Gasteiger partial charge is 0.0377 e. The molecule has 1 aromatic carbocycles. The van der Waals surface area contributed by atoms with E-state index in [4.69, 9.17) is 0 Å². The highest BCUT2D eigenvalue weighted by Crippen LogP contribution is 2.28. The van der Waals surface area contributed by atoms with Crippen LogP contribution in [0.4, 0.5) is 5.69 Å².